The fourth-order valence-electron chi connectivity index (χ4n) is 6.28. The standard InChI is InChI=1S/C31H29ClN10O3/c1-31(25-6-5-19(32)15-34-25)44-24-4-2-3-21(28(24)45-31)18-7-10-41(11-8-18)17-27-35-23-13-22(29-36-26(14-33)38-39-29)37-40-30(23)42(27)16-20-9-12-43-20/h2-6,13,15,18,20H,7-12,16-17H2,1H3,(H,36,38,39)/t20-,31-/m0/s1. The number of ether oxygens (including phenoxy) is 3. The molecule has 13 nitrogen and oxygen atoms in total. The highest BCUT2D eigenvalue weighted by Crippen LogP contribution is 2.49. The Labute approximate surface area is 263 Å². The van der Waals surface area contributed by atoms with Gasteiger partial charge in [-0.05, 0) is 62.5 Å². The topological polar surface area (TPSA) is 153 Å². The number of pyridine rings is 1. The third-order valence-electron chi connectivity index (χ3n) is 8.78. The van der Waals surface area contributed by atoms with E-state index in [1.807, 2.05) is 37.3 Å². The molecule has 4 aromatic heterocycles. The molecule has 2 saturated heterocycles. The summed E-state index contributed by atoms with van der Waals surface area (Å²) in [5.74, 6) is 2.20. The molecule has 2 fully saturated rings. The maximum absolute atomic E-state index is 9.09. The number of piperidine rings is 1. The van der Waals surface area contributed by atoms with Crippen LogP contribution < -0.4 is 9.47 Å². The maximum Gasteiger partial charge on any atom is 0.292 e. The molecule has 228 valence electrons. The van der Waals surface area contributed by atoms with E-state index in [1.54, 1.807) is 12.3 Å². The smallest absolute Gasteiger partial charge is 0.292 e. The van der Waals surface area contributed by atoms with Gasteiger partial charge in [0, 0.05) is 25.3 Å². The van der Waals surface area contributed by atoms with Crippen LogP contribution in [0.15, 0.2) is 42.6 Å². The van der Waals surface area contributed by atoms with E-state index in [-0.39, 0.29) is 11.9 Å². The summed E-state index contributed by atoms with van der Waals surface area (Å²) >= 11 is 6.06. The third kappa shape index (κ3) is 5.14. The average molecular weight is 625 g/mol. The second-order valence-electron chi connectivity index (χ2n) is 11.7. The second-order valence-corrected chi connectivity index (χ2v) is 12.2. The van der Waals surface area contributed by atoms with Crippen LogP contribution in [0.3, 0.4) is 0 Å². The molecule has 14 heteroatoms. The van der Waals surface area contributed by atoms with Crippen molar-refractivity contribution in [3.05, 3.63) is 70.5 Å². The molecule has 45 heavy (non-hydrogen) atoms. The summed E-state index contributed by atoms with van der Waals surface area (Å²) in [6, 6.07) is 13.5. The number of para-hydroxylation sites is 1. The van der Waals surface area contributed by atoms with Gasteiger partial charge in [0.05, 0.1) is 24.2 Å². The SMILES string of the molecule is C[C@]1(c2ccc(Cl)cn2)Oc2cccc(C3CCN(Cc4nc5cc(-c6nc(C#N)n[nH]6)nnc5n4C[C@@H]4CCO4)CC3)c2O1. The largest absolute Gasteiger partial charge is 0.443 e. The van der Waals surface area contributed by atoms with Gasteiger partial charge in [-0.3, -0.25) is 15.0 Å². The number of H-pyrrole nitrogens is 1. The first-order valence-electron chi connectivity index (χ1n) is 15.0. The fraction of sp³-hybridized carbons (Fsp3) is 0.387. The van der Waals surface area contributed by atoms with Crippen LogP contribution in [-0.2, 0) is 23.6 Å². The van der Waals surface area contributed by atoms with Gasteiger partial charge in [-0.15, -0.1) is 15.3 Å². The first-order chi connectivity index (χ1) is 22.0. The van der Waals surface area contributed by atoms with Crippen molar-refractivity contribution < 1.29 is 14.2 Å². The average Bonchev–Trinajstić information content (AvgIpc) is 3.74. The molecule has 1 aromatic carbocycles. The molecule has 0 saturated carbocycles. The van der Waals surface area contributed by atoms with Crippen LogP contribution in [0.5, 0.6) is 11.5 Å². The lowest BCUT2D eigenvalue weighted by Gasteiger charge is -2.33. The molecule has 0 amide bonds. The van der Waals surface area contributed by atoms with Crippen LogP contribution in [0.2, 0.25) is 5.02 Å². The normalized spacial score (nSPS) is 21.6. The predicted octanol–water partition coefficient (Wildman–Crippen LogP) is 4.34. The van der Waals surface area contributed by atoms with Crippen LogP contribution in [0.4, 0.5) is 0 Å². The van der Waals surface area contributed by atoms with Crippen molar-refractivity contribution in [1.82, 2.24) is 44.8 Å². The van der Waals surface area contributed by atoms with Crippen molar-refractivity contribution in [2.75, 3.05) is 19.7 Å². The molecule has 0 radical (unpaired) electrons. The monoisotopic (exact) mass is 624 g/mol. The van der Waals surface area contributed by atoms with Crippen LogP contribution >= 0.6 is 11.6 Å². The number of nitriles is 1. The number of likely N-dealkylation sites (tertiary alicyclic amines) is 1. The minimum Gasteiger partial charge on any atom is -0.443 e. The van der Waals surface area contributed by atoms with E-state index >= 15 is 0 Å². The molecule has 0 unspecified atom stereocenters. The van der Waals surface area contributed by atoms with E-state index in [0.29, 0.717) is 52.4 Å². The molecular formula is C31H29ClN10O3. The summed E-state index contributed by atoms with van der Waals surface area (Å²) in [4.78, 5) is 16.0. The molecule has 0 spiro atoms. The van der Waals surface area contributed by atoms with Crippen LogP contribution in [0.25, 0.3) is 22.7 Å². The number of benzene rings is 1. The summed E-state index contributed by atoms with van der Waals surface area (Å²) in [6.45, 7) is 5.82. The summed E-state index contributed by atoms with van der Waals surface area (Å²) in [5, 5.41) is 25.2. The molecule has 8 rings (SSSR count). The highest BCUT2D eigenvalue weighted by Gasteiger charge is 2.42. The molecule has 7 heterocycles. The summed E-state index contributed by atoms with van der Waals surface area (Å²) < 4.78 is 20.6. The van der Waals surface area contributed by atoms with E-state index in [1.165, 1.54) is 0 Å². The lowest BCUT2D eigenvalue weighted by molar-refractivity contribution is -0.0722. The molecular weight excluding hydrogens is 596 g/mol. The van der Waals surface area contributed by atoms with Crippen molar-refractivity contribution in [1.29, 1.82) is 5.26 Å². The Morgan fingerprint density at radius 2 is 1.98 bits per heavy atom. The lowest BCUT2D eigenvalue weighted by atomic mass is 9.88. The number of hydrogen-bond donors (Lipinski definition) is 1. The van der Waals surface area contributed by atoms with Gasteiger partial charge in [0.2, 0.25) is 0 Å². The quantitative estimate of drug-likeness (QED) is 0.275. The molecule has 3 aliphatic rings. The van der Waals surface area contributed by atoms with Gasteiger partial charge >= 0.3 is 0 Å². The maximum atomic E-state index is 9.09. The van der Waals surface area contributed by atoms with Crippen molar-refractivity contribution in [3.63, 3.8) is 0 Å². The molecule has 1 N–H and O–H groups in total. The fourth-order valence-corrected chi connectivity index (χ4v) is 6.39. The van der Waals surface area contributed by atoms with Gasteiger partial charge in [-0.2, -0.15) is 10.2 Å². The van der Waals surface area contributed by atoms with Gasteiger partial charge < -0.3 is 18.8 Å². The van der Waals surface area contributed by atoms with E-state index in [9.17, 15) is 0 Å². The van der Waals surface area contributed by atoms with Gasteiger partial charge in [0.25, 0.3) is 11.6 Å². The molecule has 2 atom stereocenters. The van der Waals surface area contributed by atoms with Crippen LogP contribution in [-0.4, -0.2) is 70.6 Å². The van der Waals surface area contributed by atoms with Gasteiger partial charge in [0.15, 0.2) is 23.0 Å². The minimum absolute atomic E-state index is 0.0516. The summed E-state index contributed by atoms with van der Waals surface area (Å²) in [5.41, 5.74) is 3.74. The molecule has 0 aliphatic carbocycles. The number of hydrogen-bond acceptors (Lipinski definition) is 11. The lowest BCUT2D eigenvalue weighted by Crippen LogP contribution is -2.35. The summed E-state index contributed by atoms with van der Waals surface area (Å²) in [6.07, 6.45) is 4.69. The van der Waals surface area contributed by atoms with Crippen molar-refractivity contribution in [3.8, 4) is 29.1 Å². The zero-order chi connectivity index (χ0) is 30.5. The highest BCUT2D eigenvalue weighted by atomic mass is 35.5. The number of fused-ring (bicyclic) bond motifs is 2. The molecule has 5 aromatic rings. The summed E-state index contributed by atoms with van der Waals surface area (Å²) in [7, 11) is 0. The first-order valence-corrected chi connectivity index (χ1v) is 15.4. The Morgan fingerprint density at radius 1 is 1.11 bits per heavy atom. The number of imidazole rings is 1. The Morgan fingerprint density at radius 3 is 2.71 bits per heavy atom. The Balaban J connectivity index is 0.997. The first kappa shape index (κ1) is 27.9. The van der Waals surface area contributed by atoms with Crippen LogP contribution in [0, 0.1) is 11.3 Å². The second kappa shape index (κ2) is 11.1. The van der Waals surface area contributed by atoms with E-state index in [2.05, 4.69) is 45.9 Å². The number of aromatic amines is 1. The third-order valence-corrected chi connectivity index (χ3v) is 9.00. The highest BCUT2D eigenvalue weighted by molar-refractivity contribution is 6.30. The number of halogens is 1. The number of nitrogens with one attached hydrogen (secondary N) is 1. The number of aromatic nitrogens is 8. The number of rotatable bonds is 7. The van der Waals surface area contributed by atoms with Crippen LogP contribution in [0.1, 0.15) is 55.0 Å². The predicted molar refractivity (Wildman–Crippen MR) is 161 cm³/mol. The van der Waals surface area contributed by atoms with Gasteiger partial charge in [-0.1, -0.05) is 23.7 Å². The Bertz CT molecular complexity index is 1920. The molecule has 0 bridgehead atoms. The molecule has 3 aliphatic heterocycles. The minimum atomic E-state index is -1.01. The zero-order valence-electron chi connectivity index (χ0n) is 24.5. The van der Waals surface area contributed by atoms with Crippen molar-refractivity contribution >= 4 is 22.8 Å². The van der Waals surface area contributed by atoms with E-state index in [4.69, 9.17) is 36.1 Å². The van der Waals surface area contributed by atoms with E-state index < -0.39 is 5.79 Å². The van der Waals surface area contributed by atoms with Gasteiger partial charge in [-0.25, -0.2) is 4.98 Å². The van der Waals surface area contributed by atoms with Crippen molar-refractivity contribution in [2.24, 2.45) is 0 Å². The van der Waals surface area contributed by atoms with Crippen molar-refractivity contribution in [2.45, 2.75) is 57.1 Å². The van der Waals surface area contributed by atoms with E-state index in [0.717, 1.165) is 61.8 Å². The Kier molecular flexibility index (Phi) is 6.85. The van der Waals surface area contributed by atoms with Gasteiger partial charge in [0.1, 0.15) is 28.8 Å². The number of nitrogens with zero attached hydrogens (tertiary/aromatic N) is 9. The zero-order valence-corrected chi connectivity index (χ0v) is 25.2. The Hall–Kier alpha value is -4.64.